The lowest BCUT2D eigenvalue weighted by atomic mass is 10.2. The molecule has 1 saturated heterocycles. The standard InChI is InChI=1S/C16H19FN4O3S2/c1-11-14(15(18-2)25-19-11)16(22)20-6-8-21(9-7-20)26(23,24)13-5-3-4-12(17)10-13/h3-5,10,18H,6-9H2,1-2H3. The Morgan fingerprint density at radius 3 is 2.58 bits per heavy atom. The molecular weight excluding hydrogens is 379 g/mol. The van der Waals surface area contributed by atoms with Crippen LogP contribution < -0.4 is 5.32 Å². The fourth-order valence-corrected chi connectivity index (χ4v) is 5.05. The Hall–Kier alpha value is -2.04. The van der Waals surface area contributed by atoms with Gasteiger partial charge in [-0.15, -0.1) is 0 Å². The number of aryl methyl sites for hydroxylation is 1. The second kappa shape index (κ2) is 7.29. The van der Waals surface area contributed by atoms with Crippen molar-refractivity contribution in [2.45, 2.75) is 11.8 Å². The summed E-state index contributed by atoms with van der Waals surface area (Å²) in [4.78, 5) is 14.3. The molecule has 0 saturated carbocycles. The van der Waals surface area contributed by atoms with Crippen molar-refractivity contribution in [3.63, 3.8) is 0 Å². The molecule has 3 rings (SSSR count). The zero-order chi connectivity index (χ0) is 18.9. The Morgan fingerprint density at radius 1 is 1.27 bits per heavy atom. The molecule has 1 fully saturated rings. The van der Waals surface area contributed by atoms with E-state index in [0.717, 1.165) is 6.07 Å². The number of benzene rings is 1. The third-order valence-electron chi connectivity index (χ3n) is 4.26. The number of amides is 1. The van der Waals surface area contributed by atoms with Crippen LogP contribution in [0.4, 0.5) is 9.39 Å². The molecule has 26 heavy (non-hydrogen) atoms. The van der Waals surface area contributed by atoms with E-state index >= 15 is 0 Å². The van der Waals surface area contributed by atoms with Gasteiger partial charge < -0.3 is 10.2 Å². The summed E-state index contributed by atoms with van der Waals surface area (Å²) in [6, 6.07) is 4.95. The predicted octanol–water partition coefficient (Wildman–Crippen LogP) is 1.78. The molecular formula is C16H19FN4O3S2. The number of nitrogens with one attached hydrogen (secondary N) is 1. The van der Waals surface area contributed by atoms with Crippen LogP contribution in [0.1, 0.15) is 16.1 Å². The van der Waals surface area contributed by atoms with E-state index in [1.165, 1.54) is 34.0 Å². The van der Waals surface area contributed by atoms with Crippen molar-refractivity contribution in [2.24, 2.45) is 0 Å². The summed E-state index contributed by atoms with van der Waals surface area (Å²) in [6.45, 7) is 2.64. The summed E-state index contributed by atoms with van der Waals surface area (Å²) in [5, 5.41) is 3.66. The normalized spacial score (nSPS) is 15.9. The zero-order valence-electron chi connectivity index (χ0n) is 14.4. The van der Waals surface area contributed by atoms with Gasteiger partial charge >= 0.3 is 0 Å². The van der Waals surface area contributed by atoms with Crippen LogP contribution in [0.25, 0.3) is 0 Å². The van der Waals surface area contributed by atoms with E-state index in [9.17, 15) is 17.6 Å². The minimum Gasteiger partial charge on any atom is -0.378 e. The molecule has 1 amide bonds. The Morgan fingerprint density at radius 2 is 1.96 bits per heavy atom. The average molecular weight is 398 g/mol. The van der Waals surface area contributed by atoms with Crippen LogP contribution in [0.2, 0.25) is 0 Å². The summed E-state index contributed by atoms with van der Waals surface area (Å²) >= 11 is 1.22. The number of hydrogen-bond acceptors (Lipinski definition) is 6. The molecule has 2 heterocycles. The summed E-state index contributed by atoms with van der Waals surface area (Å²) in [5.74, 6) is -0.761. The molecule has 0 aliphatic carbocycles. The van der Waals surface area contributed by atoms with Crippen molar-refractivity contribution in [1.82, 2.24) is 13.6 Å². The first-order valence-electron chi connectivity index (χ1n) is 8.03. The second-order valence-corrected chi connectivity index (χ2v) is 8.59. The van der Waals surface area contributed by atoms with Crippen molar-refractivity contribution in [3.8, 4) is 0 Å². The van der Waals surface area contributed by atoms with Crippen molar-refractivity contribution in [3.05, 3.63) is 41.3 Å². The molecule has 0 atom stereocenters. The highest BCUT2D eigenvalue weighted by molar-refractivity contribution is 7.89. The van der Waals surface area contributed by atoms with E-state index in [-0.39, 0.29) is 37.0 Å². The van der Waals surface area contributed by atoms with Gasteiger partial charge in [-0.2, -0.15) is 8.68 Å². The van der Waals surface area contributed by atoms with E-state index in [2.05, 4.69) is 9.69 Å². The predicted molar refractivity (Wildman–Crippen MR) is 97.5 cm³/mol. The van der Waals surface area contributed by atoms with Crippen LogP contribution in [-0.4, -0.2) is 61.1 Å². The first-order chi connectivity index (χ1) is 12.3. The number of hydrogen-bond donors (Lipinski definition) is 1. The van der Waals surface area contributed by atoms with E-state index < -0.39 is 15.8 Å². The topological polar surface area (TPSA) is 82.6 Å². The maximum absolute atomic E-state index is 13.4. The molecule has 140 valence electrons. The van der Waals surface area contributed by atoms with Gasteiger partial charge in [0.1, 0.15) is 10.8 Å². The number of anilines is 1. The highest BCUT2D eigenvalue weighted by Crippen LogP contribution is 2.26. The van der Waals surface area contributed by atoms with Crippen LogP contribution in [0.3, 0.4) is 0 Å². The largest absolute Gasteiger partial charge is 0.378 e. The van der Waals surface area contributed by atoms with Gasteiger partial charge in [0.15, 0.2) is 0 Å². The zero-order valence-corrected chi connectivity index (χ0v) is 16.0. The summed E-state index contributed by atoms with van der Waals surface area (Å²) in [7, 11) is -2.05. The lowest BCUT2D eigenvalue weighted by molar-refractivity contribution is 0.0698. The van der Waals surface area contributed by atoms with Crippen LogP contribution in [0, 0.1) is 12.7 Å². The smallest absolute Gasteiger partial charge is 0.258 e. The number of aromatic nitrogens is 1. The fraction of sp³-hybridized carbons (Fsp3) is 0.375. The molecule has 0 radical (unpaired) electrons. The second-order valence-electron chi connectivity index (χ2n) is 5.88. The summed E-state index contributed by atoms with van der Waals surface area (Å²) < 4.78 is 44.1. The van der Waals surface area contributed by atoms with E-state index in [1.807, 2.05) is 0 Å². The minimum absolute atomic E-state index is 0.0763. The molecule has 2 aromatic rings. The van der Waals surface area contributed by atoms with Crippen LogP contribution >= 0.6 is 11.5 Å². The van der Waals surface area contributed by atoms with Gasteiger partial charge in [0, 0.05) is 33.2 Å². The first-order valence-corrected chi connectivity index (χ1v) is 10.2. The highest BCUT2D eigenvalue weighted by Gasteiger charge is 2.32. The third-order valence-corrected chi connectivity index (χ3v) is 7.11. The average Bonchev–Trinajstić information content (AvgIpc) is 3.02. The number of carbonyl (C=O) groups excluding carboxylic acids is 1. The minimum atomic E-state index is -3.78. The van der Waals surface area contributed by atoms with Gasteiger partial charge in [-0.3, -0.25) is 4.79 Å². The number of rotatable bonds is 4. The van der Waals surface area contributed by atoms with E-state index in [4.69, 9.17) is 0 Å². The number of sulfonamides is 1. The summed E-state index contributed by atoms with van der Waals surface area (Å²) in [6.07, 6.45) is 0. The molecule has 1 aliphatic heterocycles. The van der Waals surface area contributed by atoms with Gasteiger partial charge in [-0.05, 0) is 36.7 Å². The van der Waals surface area contributed by atoms with Gasteiger partial charge in [0.05, 0.1) is 16.2 Å². The molecule has 1 N–H and O–H groups in total. The monoisotopic (exact) mass is 398 g/mol. The SMILES string of the molecule is CNc1snc(C)c1C(=O)N1CCN(S(=O)(=O)c2cccc(F)c2)CC1. The number of piperazine rings is 1. The van der Waals surface area contributed by atoms with Crippen LogP contribution in [-0.2, 0) is 10.0 Å². The van der Waals surface area contributed by atoms with Crippen molar-refractivity contribution in [2.75, 3.05) is 38.5 Å². The highest BCUT2D eigenvalue weighted by atomic mass is 32.2. The van der Waals surface area contributed by atoms with Crippen molar-refractivity contribution >= 4 is 32.5 Å². The summed E-state index contributed by atoms with van der Waals surface area (Å²) in [5.41, 5.74) is 1.18. The number of halogens is 1. The van der Waals surface area contributed by atoms with Gasteiger partial charge in [0.25, 0.3) is 5.91 Å². The maximum Gasteiger partial charge on any atom is 0.258 e. The van der Waals surface area contributed by atoms with Gasteiger partial charge in [-0.1, -0.05) is 6.07 Å². The maximum atomic E-state index is 13.4. The molecule has 10 heteroatoms. The molecule has 7 nitrogen and oxygen atoms in total. The quantitative estimate of drug-likeness (QED) is 0.849. The molecule has 1 aromatic carbocycles. The van der Waals surface area contributed by atoms with Gasteiger partial charge in [-0.25, -0.2) is 12.8 Å². The first kappa shape index (κ1) is 18.7. The van der Waals surface area contributed by atoms with Crippen molar-refractivity contribution < 1.29 is 17.6 Å². The molecule has 0 unspecified atom stereocenters. The molecule has 1 aromatic heterocycles. The Balaban J connectivity index is 1.73. The van der Waals surface area contributed by atoms with Crippen LogP contribution in [0.5, 0.6) is 0 Å². The Labute approximate surface area is 155 Å². The Bertz CT molecular complexity index is 921. The van der Waals surface area contributed by atoms with Crippen molar-refractivity contribution in [1.29, 1.82) is 0 Å². The lowest BCUT2D eigenvalue weighted by Gasteiger charge is -2.34. The lowest BCUT2D eigenvalue weighted by Crippen LogP contribution is -2.50. The third kappa shape index (κ3) is 3.44. The molecule has 0 spiro atoms. The Kier molecular flexibility index (Phi) is 5.26. The van der Waals surface area contributed by atoms with E-state index in [1.54, 1.807) is 18.9 Å². The fourth-order valence-electron chi connectivity index (χ4n) is 2.86. The van der Waals surface area contributed by atoms with Crippen LogP contribution in [0.15, 0.2) is 29.2 Å². The van der Waals surface area contributed by atoms with Gasteiger partial charge in [0.2, 0.25) is 10.0 Å². The molecule has 0 bridgehead atoms. The van der Waals surface area contributed by atoms with E-state index in [0.29, 0.717) is 16.3 Å². The number of carbonyl (C=O) groups is 1. The number of nitrogens with zero attached hydrogens (tertiary/aromatic N) is 3. The molecule has 1 aliphatic rings.